The van der Waals surface area contributed by atoms with Crippen LogP contribution in [0.15, 0.2) is 51.8 Å². The number of halogens is 1. The van der Waals surface area contributed by atoms with E-state index in [1.54, 1.807) is 19.9 Å². The summed E-state index contributed by atoms with van der Waals surface area (Å²) in [5.74, 6) is -0.328. The lowest BCUT2D eigenvalue weighted by Crippen LogP contribution is -2.31. The van der Waals surface area contributed by atoms with Crippen molar-refractivity contribution >= 4 is 31.9 Å². The molecule has 0 atom stereocenters. The summed E-state index contributed by atoms with van der Waals surface area (Å²) in [6, 6.07) is 12.6. The molecule has 0 saturated heterocycles. The highest BCUT2D eigenvalue weighted by atomic mass is 79.9. The molecule has 0 aromatic heterocycles. The molecule has 0 heterocycles. The zero-order chi connectivity index (χ0) is 21.6. The van der Waals surface area contributed by atoms with Crippen LogP contribution in [-0.4, -0.2) is 50.7 Å². The number of hydrogen-bond acceptors (Lipinski definition) is 4. The van der Waals surface area contributed by atoms with E-state index in [2.05, 4.69) is 26.1 Å². The largest absolute Gasteiger partial charge is 0.348 e. The van der Waals surface area contributed by atoms with E-state index < -0.39 is 10.0 Å². The average molecular weight is 482 g/mol. The quantitative estimate of drug-likeness (QED) is 0.595. The topological polar surface area (TPSA) is 69.7 Å². The molecule has 0 fully saturated rings. The first-order chi connectivity index (χ1) is 13.7. The Balaban J connectivity index is 2.15. The maximum atomic E-state index is 12.7. The fraction of sp³-hybridized carbons (Fsp3) is 0.381. The van der Waals surface area contributed by atoms with Gasteiger partial charge in [0.2, 0.25) is 10.0 Å². The van der Waals surface area contributed by atoms with Gasteiger partial charge in [-0.25, -0.2) is 8.42 Å². The summed E-state index contributed by atoms with van der Waals surface area (Å²) in [5, 5.41) is 2.86. The van der Waals surface area contributed by atoms with Crippen LogP contribution in [0.1, 0.15) is 35.3 Å². The summed E-state index contributed by atoms with van der Waals surface area (Å²) in [4.78, 5) is 14.9. The molecule has 0 unspecified atom stereocenters. The molecule has 1 N–H and O–H groups in total. The van der Waals surface area contributed by atoms with Gasteiger partial charge in [0.15, 0.2) is 0 Å². The van der Waals surface area contributed by atoms with Crippen LogP contribution in [0.4, 0.5) is 0 Å². The third-order valence-electron chi connectivity index (χ3n) is 4.50. The van der Waals surface area contributed by atoms with Crippen molar-refractivity contribution in [2.24, 2.45) is 0 Å². The minimum absolute atomic E-state index is 0.114. The molecule has 0 radical (unpaired) electrons. The summed E-state index contributed by atoms with van der Waals surface area (Å²) in [5.41, 5.74) is 2.47. The fourth-order valence-electron chi connectivity index (χ4n) is 2.96. The lowest BCUT2D eigenvalue weighted by molar-refractivity contribution is 0.0950. The summed E-state index contributed by atoms with van der Waals surface area (Å²) in [6.07, 6.45) is 0. The molecule has 158 valence electrons. The zero-order valence-corrected chi connectivity index (χ0v) is 19.7. The van der Waals surface area contributed by atoms with Gasteiger partial charge in [0.25, 0.3) is 5.91 Å². The molecule has 0 aliphatic heterocycles. The number of nitrogens with one attached hydrogen (secondary N) is 1. The fourth-order valence-corrected chi connectivity index (χ4v) is 4.87. The summed E-state index contributed by atoms with van der Waals surface area (Å²) >= 11 is 3.35. The number of rotatable bonds is 9. The maximum absolute atomic E-state index is 12.7. The number of benzene rings is 2. The predicted molar refractivity (Wildman–Crippen MR) is 119 cm³/mol. The number of carbonyl (C=O) groups excluding carboxylic acids is 1. The second kappa shape index (κ2) is 10.3. The van der Waals surface area contributed by atoms with Gasteiger partial charge in [-0.15, -0.1) is 0 Å². The van der Waals surface area contributed by atoms with E-state index >= 15 is 0 Å². The van der Waals surface area contributed by atoms with Gasteiger partial charge in [0, 0.05) is 30.7 Å². The highest BCUT2D eigenvalue weighted by Gasteiger charge is 2.23. The Labute approximate surface area is 182 Å². The molecule has 29 heavy (non-hydrogen) atoms. The van der Waals surface area contributed by atoms with Gasteiger partial charge in [-0.1, -0.05) is 38.1 Å². The Kier molecular flexibility index (Phi) is 8.39. The van der Waals surface area contributed by atoms with Crippen LogP contribution in [-0.2, 0) is 23.1 Å². The van der Waals surface area contributed by atoms with Crippen LogP contribution in [0.2, 0.25) is 0 Å². The average Bonchev–Trinajstić information content (AvgIpc) is 2.67. The van der Waals surface area contributed by atoms with Crippen molar-refractivity contribution in [3.63, 3.8) is 0 Å². The Morgan fingerprint density at radius 3 is 2.14 bits per heavy atom. The lowest BCUT2D eigenvalue weighted by Gasteiger charge is -2.19. The van der Waals surface area contributed by atoms with Crippen molar-refractivity contribution in [3.8, 4) is 0 Å². The van der Waals surface area contributed by atoms with Crippen molar-refractivity contribution in [1.82, 2.24) is 14.5 Å². The molecule has 0 aliphatic rings. The van der Waals surface area contributed by atoms with Gasteiger partial charge in [-0.3, -0.25) is 4.79 Å². The predicted octanol–water partition coefficient (Wildman–Crippen LogP) is 3.47. The van der Waals surface area contributed by atoms with Crippen molar-refractivity contribution in [2.45, 2.75) is 31.8 Å². The molecule has 1 amide bonds. The van der Waals surface area contributed by atoms with Crippen LogP contribution < -0.4 is 5.32 Å². The normalized spacial score (nSPS) is 11.8. The lowest BCUT2D eigenvalue weighted by atomic mass is 10.1. The second-order valence-corrected chi connectivity index (χ2v) is 9.76. The van der Waals surface area contributed by atoms with Crippen molar-refractivity contribution in [3.05, 3.63) is 63.6 Å². The Hall–Kier alpha value is -1.74. The van der Waals surface area contributed by atoms with E-state index in [9.17, 15) is 13.2 Å². The third-order valence-corrected chi connectivity index (χ3v) is 7.24. The molecule has 0 spiro atoms. The van der Waals surface area contributed by atoms with E-state index in [4.69, 9.17) is 0 Å². The summed E-state index contributed by atoms with van der Waals surface area (Å²) in [6.45, 7) is 5.54. The Morgan fingerprint density at radius 1 is 1.00 bits per heavy atom. The first-order valence-electron chi connectivity index (χ1n) is 9.49. The van der Waals surface area contributed by atoms with E-state index in [-0.39, 0.29) is 10.8 Å². The molecule has 0 bridgehead atoms. The van der Waals surface area contributed by atoms with Gasteiger partial charge < -0.3 is 10.2 Å². The summed E-state index contributed by atoms with van der Waals surface area (Å²) in [7, 11) is 0.402. The minimum atomic E-state index is -3.63. The van der Waals surface area contributed by atoms with Crippen molar-refractivity contribution in [1.29, 1.82) is 0 Å². The first-order valence-corrected chi connectivity index (χ1v) is 11.7. The monoisotopic (exact) mass is 481 g/mol. The number of amides is 1. The number of sulfonamides is 1. The van der Waals surface area contributed by atoms with E-state index in [0.29, 0.717) is 29.7 Å². The number of carbonyl (C=O) groups is 1. The van der Waals surface area contributed by atoms with Crippen LogP contribution in [0.3, 0.4) is 0 Å². The van der Waals surface area contributed by atoms with Gasteiger partial charge in [-0.05, 0) is 59.4 Å². The number of hydrogen-bond donors (Lipinski definition) is 1. The smallest absolute Gasteiger partial charge is 0.252 e. The Morgan fingerprint density at radius 2 is 1.59 bits per heavy atom. The third kappa shape index (κ3) is 6.12. The van der Waals surface area contributed by atoms with Gasteiger partial charge in [0.05, 0.1) is 10.5 Å². The van der Waals surface area contributed by atoms with Crippen LogP contribution in [0.25, 0.3) is 0 Å². The zero-order valence-electron chi connectivity index (χ0n) is 17.3. The van der Waals surface area contributed by atoms with Crippen LogP contribution in [0.5, 0.6) is 0 Å². The van der Waals surface area contributed by atoms with Crippen LogP contribution >= 0.6 is 15.9 Å². The van der Waals surface area contributed by atoms with Crippen molar-refractivity contribution in [2.75, 3.05) is 27.2 Å². The number of nitrogens with zero attached hydrogens (tertiary/aromatic N) is 2. The molecule has 2 rings (SSSR count). The molecule has 0 aliphatic carbocycles. The summed E-state index contributed by atoms with van der Waals surface area (Å²) < 4.78 is 27.4. The molecule has 8 heteroatoms. The molecule has 6 nitrogen and oxygen atoms in total. The SMILES string of the molecule is CCN(CC)S(=O)(=O)c1ccc(Br)c(C(=O)NCc2ccc(CN(C)C)cc2)c1. The van der Waals surface area contributed by atoms with E-state index in [0.717, 1.165) is 12.1 Å². The molecular formula is C21H28BrN3O3S. The maximum Gasteiger partial charge on any atom is 0.252 e. The second-order valence-electron chi connectivity index (χ2n) is 6.97. The van der Waals surface area contributed by atoms with E-state index in [1.165, 1.54) is 22.0 Å². The highest BCUT2D eigenvalue weighted by Crippen LogP contribution is 2.23. The standard InChI is InChI=1S/C21H28BrN3O3S/c1-5-25(6-2)29(27,28)18-11-12-20(22)19(13-18)21(26)23-14-16-7-9-17(10-8-16)15-24(3)4/h7-13H,5-6,14-15H2,1-4H3,(H,23,26). The van der Waals surface area contributed by atoms with Crippen LogP contribution in [0, 0.1) is 0 Å². The molecular weight excluding hydrogens is 454 g/mol. The Bertz CT molecular complexity index is 940. The minimum Gasteiger partial charge on any atom is -0.348 e. The molecule has 2 aromatic rings. The highest BCUT2D eigenvalue weighted by molar-refractivity contribution is 9.10. The van der Waals surface area contributed by atoms with Gasteiger partial charge >= 0.3 is 0 Å². The van der Waals surface area contributed by atoms with E-state index in [1.807, 2.05) is 38.4 Å². The molecule has 2 aromatic carbocycles. The first kappa shape index (κ1) is 23.5. The van der Waals surface area contributed by atoms with Gasteiger partial charge in [0.1, 0.15) is 0 Å². The molecule has 0 saturated carbocycles. The van der Waals surface area contributed by atoms with Crippen molar-refractivity contribution < 1.29 is 13.2 Å². The van der Waals surface area contributed by atoms with Gasteiger partial charge in [-0.2, -0.15) is 4.31 Å².